The van der Waals surface area contributed by atoms with Gasteiger partial charge in [-0.05, 0) is 37.8 Å². The minimum atomic E-state index is -2.47. The van der Waals surface area contributed by atoms with E-state index in [2.05, 4.69) is 0 Å². The maximum atomic E-state index is 13.2. The number of ether oxygens (including phenoxy) is 1. The monoisotopic (exact) mass is 293 g/mol. The van der Waals surface area contributed by atoms with Gasteiger partial charge in [-0.2, -0.15) is 0 Å². The molecule has 0 bridgehead atoms. The Morgan fingerprint density at radius 1 is 1.29 bits per heavy atom. The van der Waals surface area contributed by atoms with Crippen LogP contribution in [0.1, 0.15) is 43.7 Å². The molecule has 1 saturated carbocycles. The van der Waals surface area contributed by atoms with E-state index in [9.17, 15) is 8.78 Å². The lowest BCUT2D eigenvalue weighted by Crippen LogP contribution is -2.23. The van der Waals surface area contributed by atoms with Crippen molar-refractivity contribution in [3.05, 3.63) is 29.3 Å². The number of rotatable bonds is 2. The Hall–Kier alpha value is -1.58. The molecule has 0 saturated heterocycles. The molecule has 1 heterocycles. The second-order valence-electron chi connectivity index (χ2n) is 6.28. The summed E-state index contributed by atoms with van der Waals surface area (Å²) in [6.07, 6.45) is 6.14. The smallest absolute Gasteiger partial charge is 0.248 e. The van der Waals surface area contributed by atoms with Crippen LogP contribution in [-0.4, -0.2) is 12.0 Å². The molecule has 21 heavy (non-hydrogen) atoms. The lowest BCUT2D eigenvalue weighted by atomic mass is 9.86. The van der Waals surface area contributed by atoms with Crippen molar-refractivity contribution < 1.29 is 13.5 Å². The summed E-state index contributed by atoms with van der Waals surface area (Å²) in [6.45, 7) is 2.03. The van der Waals surface area contributed by atoms with Crippen LogP contribution in [0.3, 0.4) is 0 Å². The lowest BCUT2D eigenvalue weighted by Gasteiger charge is -2.26. The zero-order chi connectivity index (χ0) is 15.0. The van der Waals surface area contributed by atoms with Crippen molar-refractivity contribution in [1.29, 1.82) is 0 Å². The number of halogens is 2. The molecular weight excluding hydrogens is 272 g/mol. The molecule has 0 unspecified atom stereocenters. The maximum Gasteiger partial charge on any atom is 0.248 e. The molecule has 1 fully saturated rings. The van der Waals surface area contributed by atoms with Gasteiger partial charge in [0.2, 0.25) is 5.92 Å². The van der Waals surface area contributed by atoms with Crippen molar-refractivity contribution in [3.8, 4) is 5.75 Å². The van der Waals surface area contributed by atoms with E-state index < -0.39 is 5.92 Å². The van der Waals surface area contributed by atoms with E-state index in [1.54, 1.807) is 0 Å². The van der Waals surface area contributed by atoms with Gasteiger partial charge in [-0.1, -0.05) is 12.2 Å². The third-order valence-electron chi connectivity index (χ3n) is 4.35. The summed E-state index contributed by atoms with van der Waals surface area (Å²) in [5.41, 5.74) is 8.76. The highest BCUT2D eigenvalue weighted by Crippen LogP contribution is 2.38. The molecule has 1 aliphatic heterocycles. The summed E-state index contributed by atoms with van der Waals surface area (Å²) in [7, 11) is 0. The minimum Gasteiger partial charge on any atom is -0.489 e. The summed E-state index contributed by atoms with van der Waals surface area (Å²) in [4.78, 5) is 0. The van der Waals surface area contributed by atoms with Crippen LogP contribution >= 0.6 is 0 Å². The summed E-state index contributed by atoms with van der Waals surface area (Å²) < 4.78 is 32.2. The number of benzene rings is 1. The van der Waals surface area contributed by atoms with Crippen LogP contribution in [0.5, 0.6) is 5.75 Å². The molecule has 4 heteroatoms. The highest BCUT2D eigenvalue weighted by molar-refractivity contribution is 5.66. The van der Waals surface area contributed by atoms with E-state index in [0.717, 1.165) is 29.0 Å². The number of fused-ring (bicyclic) bond motifs is 1. The van der Waals surface area contributed by atoms with E-state index in [-0.39, 0.29) is 24.9 Å². The molecule has 2 aliphatic rings. The van der Waals surface area contributed by atoms with E-state index in [1.807, 2.05) is 31.2 Å². The van der Waals surface area contributed by atoms with Crippen LogP contribution in [-0.2, 0) is 6.42 Å². The van der Waals surface area contributed by atoms with Crippen LogP contribution in [0.2, 0.25) is 0 Å². The Morgan fingerprint density at radius 2 is 2.00 bits per heavy atom. The third-order valence-corrected chi connectivity index (χ3v) is 4.35. The standard InChI is InChI=1S/C17H21F2NO/c1-11-8-14-10-15(20)9-13(16(14)21-11)3-2-12-4-6-17(18,19)7-5-12/h2-3,9-12H,4-8,20H2,1H3/b3-2+/t11-/m0/s1. The molecule has 0 radical (unpaired) electrons. The summed E-state index contributed by atoms with van der Waals surface area (Å²) >= 11 is 0. The van der Waals surface area contributed by atoms with Gasteiger partial charge in [-0.15, -0.1) is 0 Å². The molecule has 0 aromatic heterocycles. The second-order valence-corrected chi connectivity index (χ2v) is 6.28. The number of hydrogen-bond donors (Lipinski definition) is 1. The average molecular weight is 293 g/mol. The second kappa shape index (κ2) is 5.32. The Bertz CT molecular complexity index is 558. The van der Waals surface area contributed by atoms with Gasteiger partial charge >= 0.3 is 0 Å². The van der Waals surface area contributed by atoms with Crippen molar-refractivity contribution in [2.75, 3.05) is 5.73 Å². The first-order chi connectivity index (χ1) is 9.93. The number of nitrogen functional groups attached to an aromatic ring is 1. The van der Waals surface area contributed by atoms with Gasteiger partial charge in [0.05, 0.1) is 0 Å². The van der Waals surface area contributed by atoms with Gasteiger partial charge in [0, 0.05) is 36.1 Å². The van der Waals surface area contributed by atoms with Crippen molar-refractivity contribution in [3.63, 3.8) is 0 Å². The average Bonchev–Trinajstić information content (AvgIpc) is 2.77. The summed E-state index contributed by atoms with van der Waals surface area (Å²) in [5.74, 6) is -1.35. The molecule has 1 aromatic carbocycles. The lowest BCUT2D eigenvalue weighted by molar-refractivity contribution is -0.0410. The van der Waals surface area contributed by atoms with E-state index >= 15 is 0 Å². The Kier molecular flexibility index (Phi) is 3.64. The van der Waals surface area contributed by atoms with E-state index in [0.29, 0.717) is 12.8 Å². The van der Waals surface area contributed by atoms with Crippen LogP contribution in [0.25, 0.3) is 6.08 Å². The molecule has 114 valence electrons. The topological polar surface area (TPSA) is 35.2 Å². The van der Waals surface area contributed by atoms with E-state index in [1.165, 1.54) is 0 Å². The molecule has 0 spiro atoms. The number of alkyl halides is 2. The minimum absolute atomic E-state index is 0.00935. The number of nitrogens with two attached hydrogens (primary N) is 1. The SMILES string of the molecule is C[C@H]1Cc2cc(N)cc(/C=C/C3CCC(F)(F)CC3)c2O1. The van der Waals surface area contributed by atoms with Gasteiger partial charge < -0.3 is 10.5 Å². The van der Waals surface area contributed by atoms with Crippen molar-refractivity contribution in [2.45, 2.75) is 51.1 Å². The zero-order valence-corrected chi connectivity index (χ0v) is 12.2. The Morgan fingerprint density at radius 3 is 2.71 bits per heavy atom. The van der Waals surface area contributed by atoms with Gasteiger partial charge in [0.15, 0.2) is 0 Å². The molecule has 2 N–H and O–H groups in total. The Balaban J connectivity index is 1.75. The van der Waals surface area contributed by atoms with Crippen molar-refractivity contribution >= 4 is 11.8 Å². The maximum absolute atomic E-state index is 13.2. The van der Waals surface area contributed by atoms with Crippen molar-refractivity contribution in [2.24, 2.45) is 5.92 Å². The van der Waals surface area contributed by atoms with Crippen LogP contribution in [0, 0.1) is 5.92 Å². The van der Waals surface area contributed by atoms with Crippen molar-refractivity contribution in [1.82, 2.24) is 0 Å². The van der Waals surface area contributed by atoms with Gasteiger partial charge in [0.25, 0.3) is 0 Å². The van der Waals surface area contributed by atoms with Gasteiger partial charge in [0.1, 0.15) is 11.9 Å². The highest BCUT2D eigenvalue weighted by Gasteiger charge is 2.34. The molecule has 1 aromatic rings. The Labute approximate surface area is 124 Å². The molecule has 0 amide bonds. The first-order valence-corrected chi connectivity index (χ1v) is 7.58. The van der Waals surface area contributed by atoms with Crippen LogP contribution < -0.4 is 10.5 Å². The largest absolute Gasteiger partial charge is 0.489 e. The fraction of sp³-hybridized carbons (Fsp3) is 0.529. The fourth-order valence-corrected chi connectivity index (χ4v) is 3.21. The highest BCUT2D eigenvalue weighted by atomic mass is 19.3. The molecule has 2 nitrogen and oxygen atoms in total. The summed E-state index contributed by atoms with van der Waals surface area (Å²) in [5, 5.41) is 0. The van der Waals surface area contributed by atoms with E-state index in [4.69, 9.17) is 10.5 Å². The van der Waals surface area contributed by atoms with Gasteiger partial charge in [-0.3, -0.25) is 0 Å². The molecule has 1 atom stereocenters. The van der Waals surface area contributed by atoms with Crippen LogP contribution in [0.4, 0.5) is 14.5 Å². The van der Waals surface area contributed by atoms with Crippen LogP contribution in [0.15, 0.2) is 18.2 Å². The molecule has 1 aliphatic carbocycles. The zero-order valence-electron chi connectivity index (χ0n) is 12.2. The fourth-order valence-electron chi connectivity index (χ4n) is 3.21. The quantitative estimate of drug-likeness (QED) is 0.819. The number of anilines is 1. The molecular formula is C17H21F2NO. The third kappa shape index (κ3) is 3.20. The number of hydrogen-bond acceptors (Lipinski definition) is 2. The normalized spacial score (nSPS) is 25.0. The predicted octanol–water partition coefficient (Wildman–Crippen LogP) is 4.43. The number of allylic oxidation sites excluding steroid dienone is 1. The summed E-state index contributed by atoms with van der Waals surface area (Å²) in [6, 6.07) is 3.85. The first-order valence-electron chi connectivity index (χ1n) is 7.58. The molecule has 3 rings (SSSR count). The predicted molar refractivity (Wildman–Crippen MR) is 80.6 cm³/mol. The first kappa shape index (κ1) is 14.4. The van der Waals surface area contributed by atoms with Gasteiger partial charge in [-0.25, -0.2) is 8.78 Å².